The topological polar surface area (TPSA) is 59.3 Å². The van der Waals surface area contributed by atoms with Crippen molar-refractivity contribution in [3.05, 3.63) is 59.1 Å². The molecule has 3 heterocycles. The van der Waals surface area contributed by atoms with Gasteiger partial charge in [-0.3, -0.25) is 9.20 Å². The van der Waals surface area contributed by atoms with Crippen molar-refractivity contribution in [2.24, 2.45) is 0 Å². The van der Waals surface area contributed by atoms with Crippen molar-refractivity contribution in [2.75, 3.05) is 5.32 Å². The molecule has 0 atom stereocenters. The third-order valence-corrected chi connectivity index (χ3v) is 3.50. The number of halogens is 1. The van der Waals surface area contributed by atoms with Crippen LogP contribution >= 0.6 is 11.6 Å². The molecule has 5 nitrogen and oxygen atoms in total. The van der Waals surface area contributed by atoms with Crippen LogP contribution in [-0.2, 0) is 6.42 Å². The van der Waals surface area contributed by atoms with Gasteiger partial charge in [0, 0.05) is 12.4 Å². The van der Waals surface area contributed by atoms with E-state index in [4.69, 9.17) is 11.6 Å². The largest absolute Gasteiger partial charge is 0.305 e. The van der Waals surface area contributed by atoms with Crippen LogP contribution in [-0.4, -0.2) is 20.3 Å². The Labute approximate surface area is 133 Å². The third kappa shape index (κ3) is 2.80. The van der Waals surface area contributed by atoms with Crippen molar-refractivity contribution < 1.29 is 4.79 Å². The molecule has 0 aliphatic heterocycles. The van der Waals surface area contributed by atoms with Gasteiger partial charge in [0.2, 0.25) is 0 Å². The number of imidazole rings is 1. The van der Waals surface area contributed by atoms with E-state index in [1.165, 1.54) is 6.20 Å². The number of hydrogen-bond acceptors (Lipinski definition) is 3. The van der Waals surface area contributed by atoms with Gasteiger partial charge < -0.3 is 5.32 Å². The number of pyridine rings is 2. The smallest absolute Gasteiger partial charge is 0.275 e. The molecule has 3 rings (SSSR count). The molecule has 0 fully saturated rings. The number of aryl methyl sites for hydroxylation is 1. The molecule has 0 aromatic carbocycles. The Bertz CT molecular complexity index is 811. The SMILES string of the molecule is CCCc1nc2ccccn2c1C(=O)Nc1ccc(Cl)cn1. The summed E-state index contributed by atoms with van der Waals surface area (Å²) in [6.07, 6.45) is 5.01. The predicted molar refractivity (Wildman–Crippen MR) is 86.4 cm³/mol. The highest BCUT2D eigenvalue weighted by atomic mass is 35.5. The Morgan fingerprint density at radius 1 is 1.32 bits per heavy atom. The van der Waals surface area contributed by atoms with Gasteiger partial charge >= 0.3 is 0 Å². The molecule has 0 unspecified atom stereocenters. The standard InChI is InChI=1S/C16H15ClN4O/c1-2-5-12-15(21-9-4-3-6-14(21)19-12)16(22)20-13-8-7-11(17)10-18-13/h3-4,6-10H,2,5H2,1H3,(H,18,20,22). The second-order valence-corrected chi connectivity index (χ2v) is 5.34. The van der Waals surface area contributed by atoms with E-state index >= 15 is 0 Å². The van der Waals surface area contributed by atoms with Gasteiger partial charge in [-0.15, -0.1) is 0 Å². The second kappa shape index (κ2) is 6.15. The first kappa shape index (κ1) is 14.5. The lowest BCUT2D eigenvalue weighted by Gasteiger charge is -2.06. The number of nitrogens with one attached hydrogen (secondary N) is 1. The molecule has 0 radical (unpaired) electrons. The predicted octanol–water partition coefficient (Wildman–Crippen LogP) is 3.59. The molecule has 0 bridgehead atoms. The number of nitrogens with zero attached hydrogens (tertiary/aromatic N) is 3. The summed E-state index contributed by atoms with van der Waals surface area (Å²) in [7, 11) is 0. The van der Waals surface area contributed by atoms with Crippen LogP contribution in [0.3, 0.4) is 0 Å². The lowest BCUT2D eigenvalue weighted by molar-refractivity contribution is 0.102. The van der Waals surface area contributed by atoms with Crippen LogP contribution in [0.5, 0.6) is 0 Å². The monoisotopic (exact) mass is 314 g/mol. The van der Waals surface area contributed by atoms with Crippen LogP contribution in [0.2, 0.25) is 5.02 Å². The first-order chi connectivity index (χ1) is 10.7. The molecule has 0 aliphatic rings. The number of carbonyl (C=O) groups excluding carboxylic acids is 1. The number of anilines is 1. The Morgan fingerprint density at radius 2 is 2.18 bits per heavy atom. The molecule has 3 aromatic rings. The summed E-state index contributed by atoms with van der Waals surface area (Å²) in [6, 6.07) is 9.02. The van der Waals surface area contributed by atoms with Crippen LogP contribution in [0.25, 0.3) is 5.65 Å². The van der Waals surface area contributed by atoms with Crippen molar-refractivity contribution in [1.29, 1.82) is 0 Å². The highest BCUT2D eigenvalue weighted by Gasteiger charge is 2.18. The molecule has 22 heavy (non-hydrogen) atoms. The fraction of sp³-hybridized carbons (Fsp3) is 0.188. The molecular formula is C16H15ClN4O. The van der Waals surface area contributed by atoms with Crippen molar-refractivity contribution >= 4 is 29.0 Å². The van der Waals surface area contributed by atoms with Crippen LogP contribution in [0.15, 0.2) is 42.7 Å². The molecule has 6 heteroatoms. The van der Waals surface area contributed by atoms with Gasteiger partial charge in [0.15, 0.2) is 0 Å². The molecule has 0 aliphatic carbocycles. The molecule has 0 saturated heterocycles. The summed E-state index contributed by atoms with van der Waals surface area (Å²) >= 11 is 5.80. The average Bonchev–Trinajstić information content (AvgIpc) is 2.88. The zero-order valence-corrected chi connectivity index (χ0v) is 12.8. The quantitative estimate of drug-likeness (QED) is 0.800. The summed E-state index contributed by atoms with van der Waals surface area (Å²) in [6.45, 7) is 2.06. The zero-order valence-electron chi connectivity index (χ0n) is 12.1. The maximum Gasteiger partial charge on any atom is 0.275 e. The minimum Gasteiger partial charge on any atom is -0.305 e. The fourth-order valence-corrected chi connectivity index (χ4v) is 2.43. The Balaban J connectivity index is 1.98. The lowest BCUT2D eigenvalue weighted by Crippen LogP contribution is -2.17. The summed E-state index contributed by atoms with van der Waals surface area (Å²) in [5.74, 6) is 0.236. The summed E-state index contributed by atoms with van der Waals surface area (Å²) in [4.78, 5) is 21.3. The zero-order chi connectivity index (χ0) is 15.5. The summed E-state index contributed by atoms with van der Waals surface area (Å²) in [5.41, 5.74) is 2.11. The van der Waals surface area contributed by atoms with Crippen LogP contribution in [0.1, 0.15) is 29.5 Å². The van der Waals surface area contributed by atoms with Crippen LogP contribution in [0.4, 0.5) is 5.82 Å². The second-order valence-electron chi connectivity index (χ2n) is 4.90. The van der Waals surface area contributed by atoms with E-state index in [-0.39, 0.29) is 5.91 Å². The van der Waals surface area contributed by atoms with Crippen molar-refractivity contribution in [2.45, 2.75) is 19.8 Å². The Kier molecular flexibility index (Phi) is 4.06. The van der Waals surface area contributed by atoms with Gasteiger partial charge in [0.1, 0.15) is 17.2 Å². The Morgan fingerprint density at radius 3 is 2.91 bits per heavy atom. The fourth-order valence-electron chi connectivity index (χ4n) is 2.32. The molecule has 0 saturated carbocycles. The molecule has 0 spiro atoms. The van der Waals surface area contributed by atoms with Gasteiger partial charge in [0.05, 0.1) is 10.7 Å². The average molecular weight is 315 g/mol. The molecular weight excluding hydrogens is 300 g/mol. The summed E-state index contributed by atoms with van der Waals surface area (Å²) < 4.78 is 1.80. The number of rotatable bonds is 4. The highest BCUT2D eigenvalue weighted by Crippen LogP contribution is 2.17. The third-order valence-electron chi connectivity index (χ3n) is 3.27. The number of amides is 1. The van der Waals surface area contributed by atoms with E-state index in [1.807, 2.05) is 24.4 Å². The maximum atomic E-state index is 12.6. The minimum atomic E-state index is -0.225. The van der Waals surface area contributed by atoms with E-state index in [1.54, 1.807) is 16.5 Å². The minimum absolute atomic E-state index is 0.225. The van der Waals surface area contributed by atoms with E-state index in [0.29, 0.717) is 16.5 Å². The molecule has 3 aromatic heterocycles. The van der Waals surface area contributed by atoms with Crippen LogP contribution < -0.4 is 5.32 Å². The van der Waals surface area contributed by atoms with Crippen molar-refractivity contribution in [3.63, 3.8) is 0 Å². The maximum absolute atomic E-state index is 12.6. The van der Waals surface area contributed by atoms with Gasteiger partial charge in [-0.05, 0) is 30.7 Å². The first-order valence-corrected chi connectivity index (χ1v) is 7.45. The number of fused-ring (bicyclic) bond motifs is 1. The van der Waals surface area contributed by atoms with Gasteiger partial charge in [-0.1, -0.05) is 31.0 Å². The van der Waals surface area contributed by atoms with E-state index < -0.39 is 0 Å². The molecule has 1 N–H and O–H groups in total. The van der Waals surface area contributed by atoms with E-state index in [0.717, 1.165) is 24.2 Å². The van der Waals surface area contributed by atoms with Crippen LogP contribution in [0, 0.1) is 0 Å². The van der Waals surface area contributed by atoms with E-state index in [9.17, 15) is 4.79 Å². The van der Waals surface area contributed by atoms with Gasteiger partial charge in [-0.2, -0.15) is 0 Å². The van der Waals surface area contributed by atoms with Crippen molar-refractivity contribution in [1.82, 2.24) is 14.4 Å². The molecule has 1 amide bonds. The van der Waals surface area contributed by atoms with Crippen molar-refractivity contribution in [3.8, 4) is 0 Å². The van der Waals surface area contributed by atoms with Gasteiger partial charge in [-0.25, -0.2) is 9.97 Å². The number of carbonyl (C=O) groups is 1. The van der Waals surface area contributed by atoms with Gasteiger partial charge in [0.25, 0.3) is 5.91 Å². The Hall–Kier alpha value is -2.40. The molecule has 112 valence electrons. The first-order valence-electron chi connectivity index (χ1n) is 7.08. The summed E-state index contributed by atoms with van der Waals surface area (Å²) in [5, 5.41) is 3.32. The normalized spacial score (nSPS) is 10.8. The highest BCUT2D eigenvalue weighted by molar-refractivity contribution is 6.30. The van der Waals surface area contributed by atoms with E-state index in [2.05, 4.69) is 22.2 Å². The lowest BCUT2D eigenvalue weighted by atomic mass is 10.2. The number of hydrogen-bond donors (Lipinski definition) is 1. The number of aromatic nitrogens is 3.